The second-order valence-corrected chi connectivity index (χ2v) is 12.5. The van der Waals surface area contributed by atoms with Gasteiger partial charge in [-0.1, -0.05) is 152 Å². The fraction of sp³-hybridized carbons (Fsp3) is 0. The number of nitrogens with two attached hydrogens (primary N) is 1. The van der Waals surface area contributed by atoms with Gasteiger partial charge in [-0.05, 0) is 52.1 Å². The zero-order chi connectivity index (χ0) is 33.4. The average Bonchev–Trinajstić information content (AvgIpc) is 3.58. The van der Waals surface area contributed by atoms with Crippen molar-refractivity contribution in [3.05, 3.63) is 182 Å². The van der Waals surface area contributed by atoms with E-state index in [0.29, 0.717) is 5.82 Å². The number of fused-ring (bicyclic) bond motifs is 2. The number of rotatable bonds is 6. The molecule has 50 heavy (non-hydrogen) atoms. The minimum Gasteiger partial charge on any atom is -0.397 e. The van der Waals surface area contributed by atoms with Crippen molar-refractivity contribution in [1.29, 1.82) is 0 Å². The molecule has 9 aromatic rings. The Labute approximate surface area is 290 Å². The Balaban J connectivity index is 1.03. The normalized spacial score (nSPS) is 11.3. The van der Waals surface area contributed by atoms with Gasteiger partial charge in [0.1, 0.15) is 0 Å². The first-order chi connectivity index (χ1) is 24.7. The highest BCUT2D eigenvalue weighted by atomic mass is 15.0. The van der Waals surface area contributed by atoms with E-state index in [4.69, 9.17) is 15.7 Å². The van der Waals surface area contributed by atoms with E-state index in [0.717, 1.165) is 61.3 Å². The molecule has 0 aliphatic rings. The fourth-order valence-corrected chi connectivity index (χ4v) is 6.85. The van der Waals surface area contributed by atoms with Gasteiger partial charge in [0, 0.05) is 33.7 Å². The molecule has 7 aromatic carbocycles. The molecular weight excluding hydrogens is 609 g/mol. The van der Waals surface area contributed by atoms with E-state index in [1.165, 1.54) is 22.1 Å². The van der Waals surface area contributed by atoms with Crippen LogP contribution in [0.5, 0.6) is 0 Å². The van der Waals surface area contributed by atoms with Crippen molar-refractivity contribution in [1.82, 2.24) is 14.5 Å². The van der Waals surface area contributed by atoms with Gasteiger partial charge in [0.25, 0.3) is 0 Å². The van der Waals surface area contributed by atoms with Crippen molar-refractivity contribution < 1.29 is 0 Å². The molecule has 0 saturated heterocycles. The highest BCUT2D eigenvalue weighted by molar-refractivity contribution is 5.98. The molecule has 236 valence electrons. The van der Waals surface area contributed by atoms with Crippen molar-refractivity contribution in [2.75, 3.05) is 5.73 Å². The van der Waals surface area contributed by atoms with Gasteiger partial charge in [0.2, 0.25) is 0 Å². The van der Waals surface area contributed by atoms with E-state index in [-0.39, 0.29) is 0 Å². The predicted molar refractivity (Wildman–Crippen MR) is 208 cm³/mol. The van der Waals surface area contributed by atoms with E-state index in [1.54, 1.807) is 0 Å². The quantitative estimate of drug-likeness (QED) is 0.184. The minimum atomic E-state index is 0.717. The summed E-state index contributed by atoms with van der Waals surface area (Å²) in [6, 6.07) is 61.1. The predicted octanol–water partition coefficient (Wildman–Crippen LogP) is 11.5. The van der Waals surface area contributed by atoms with Crippen molar-refractivity contribution >= 4 is 27.5 Å². The van der Waals surface area contributed by atoms with Gasteiger partial charge >= 0.3 is 0 Å². The Morgan fingerprint density at radius 3 is 1.62 bits per heavy atom. The summed E-state index contributed by atoms with van der Waals surface area (Å²) in [5, 5.41) is 2.22. The summed E-state index contributed by atoms with van der Waals surface area (Å²) in [6.45, 7) is 0. The standard InChI is InChI=1S/C46H32N4/c47-41-14-6-9-17-44(41)50-30-40(38-12-5-8-16-43(38)50)35-24-18-33(19-25-35)34-20-26-36(27-21-34)45-39-13-4-7-15-42(39)48-46(49-45)37-28-22-32(23-29-37)31-10-2-1-3-11-31/h1-30H,47H2. The first kappa shape index (κ1) is 29.4. The van der Waals surface area contributed by atoms with Crippen LogP contribution >= 0.6 is 0 Å². The summed E-state index contributed by atoms with van der Waals surface area (Å²) in [4.78, 5) is 10.1. The zero-order valence-electron chi connectivity index (χ0n) is 27.2. The average molecular weight is 641 g/mol. The van der Waals surface area contributed by atoms with Crippen molar-refractivity contribution in [2.45, 2.75) is 0 Å². The van der Waals surface area contributed by atoms with Gasteiger partial charge in [0.05, 0.1) is 28.1 Å². The van der Waals surface area contributed by atoms with Crippen LogP contribution in [0.3, 0.4) is 0 Å². The van der Waals surface area contributed by atoms with E-state index in [1.807, 2.05) is 36.4 Å². The molecule has 0 unspecified atom stereocenters. The molecule has 0 bridgehead atoms. The fourth-order valence-electron chi connectivity index (χ4n) is 6.85. The SMILES string of the molecule is Nc1ccccc1-n1cc(-c2ccc(-c3ccc(-c4nc(-c5ccc(-c6ccccc6)cc5)nc5ccccc45)cc3)cc2)c2ccccc21. The van der Waals surface area contributed by atoms with Crippen molar-refractivity contribution in [3.63, 3.8) is 0 Å². The van der Waals surface area contributed by atoms with Crippen LogP contribution in [0, 0.1) is 0 Å². The topological polar surface area (TPSA) is 56.7 Å². The van der Waals surface area contributed by atoms with E-state index >= 15 is 0 Å². The molecule has 0 aliphatic carbocycles. The second kappa shape index (κ2) is 12.3. The smallest absolute Gasteiger partial charge is 0.160 e. The summed E-state index contributed by atoms with van der Waals surface area (Å²) < 4.78 is 2.19. The molecule has 0 amide bonds. The van der Waals surface area contributed by atoms with Crippen LogP contribution in [-0.2, 0) is 0 Å². The van der Waals surface area contributed by atoms with Crippen LogP contribution < -0.4 is 5.73 Å². The lowest BCUT2D eigenvalue weighted by Crippen LogP contribution is -1.97. The molecule has 0 radical (unpaired) electrons. The van der Waals surface area contributed by atoms with Crippen LogP contribution in [0.25, 0.3) is 83.5 Å². The van der Waals surface area contributed by atoms with Crippen LogP contribution in [0.1, 0.15) is 0 Å². The Kier molecular flexibility index (Phi) is 7.25. The second-order valence-electron chi connectivity index (χ2n) is 12.5. The van der Waals surface area contributed by atoms with Gasteiger partial charge in [-0.2, -0.15) is 0 Å². The highest BCUT2D eigenvalue weighted by Gasteiger charge is 2.14. The van der Waals surface area contributed by atoms with E-state index in [9.17, 15) is 0 Å². The molecule has 4 heteroatoms. The third kappa shape index (κ3) is 5.29. The molecule has 0 saturated carbocycles. The maximum Gasteiger partial charge on any atom is 0.160 e. The maximum atomic E-state index is 6.38. The maximum absolute atomic E-state index is 6.38. The third-order valence-electron chi connectivity index (χ3n) is 9.45. The molecule has 2 aromatic heterocycles. The minimum absolute atomic E-state index is 0.717. The molecule has 2 heterocycles. The summed E-state index contributed by atoms with van der Waals surface area (Å²) in [5.41, 5.74) is 20.1. The summed E-state index contributed by atoms with van der Waals surface area (Å²) in [7, 11) is 0. The number of hydrogen-bond donors (Lipinski definition) is 1. The molecular formula is C46H32N4. The lowest BCUT2D eigenvalue weighted by Gasteiger charge is -2.11. The number of benzene rings is 7. The van der Waals surface area contributed by atoms with E-state index in [2.05, 4.69) is 150 Å². The lowest BCUT2D eigenvalue weighted by atomic mass is 9.98. The molecule has 0 aliphatic heterocycles. The van der Waals surface area contributed by atoms with Gasteiger partial charge in [-0.3, -0.25) is 0 Å². The Morgan fingerprint density at radius 2 is 0.920 bits per heavy atom. The number of hydrogen-bond acceptors (Lipinski definition) is 3. The van der Waals surface area contributed by atoms with Crippen LogP contribution in [-0.4, -0.2) is 14.5 Å². The van der Waals surface area contributed by atoms with Gasteiger partial charge in [-0.25, -0.2) is 9.97 Å². The van der Waals surface area contributed by atoms with Crippen LogP contribution in [0.2, 0.25) is 0 Å². The Hall–Kier alpha value is -6.78. The highest BCUT2D eigenvalue weighted by Crippen LogP contribution is 2.36. The van der Waals surface area contributed by atoms with Crippen LogP contribution in [0.15, 0.2) is 182 Å². The summed E-state index contributed by atoms with van der Waals surface area (Å²) >= 11 is 0. The van der Waals surface area contributed by atoms with Gasteiger partial charge < -0.3 is 10.3 Å². The molecule has 0 atom stereocenters. The van der Waals surface area contributed by atoms with Crippen LogP contribution in [0.4, 0.5) is 5.69 Å². The first-order valence-corrected chi connectivity index (χ1v) is 16.8. The third-order valence-corrected chi connectivity index (χ3v) is 9.45. The largest absolute Gasteiger partial charge is 0.397 e. The number of para-hydroxylation sites is 4. The number of aromatic nitrogens is 3. The lowest BCUT2D eigenvalue weighted by molar-refractivity contribution is 1.13. The number of nitrogens with zero attached hydrogens (tertiary/aromatic N) is 3. The van der Waals surface area contributed by atoms with Crippen molar-refractivity contribution in [3.8, 4) is 61.7 Å². The number of anilines is 1. The molecule has 4 nitrogen and oxygen atoms in total. The summed E-state index contributed by atoms with van der Waals surface area (Å²) in [5.74, 6) is 0.717. The Morgan fingerprint density at radius 1 is 0.400 bits per heavy atom. The molecule has 0 spiro atoms. The molecule has 9 rings (SSSR count). The molecule has 2 N–H and O–H groups in total. The van der Waals surface area contributed by atoms with Gasteiger partial charge in [-0.15, -0.1) is 0 Å². The monoisotopic (exact) mass is 640 g/mol. The first-order valence-electron chi connectivity index (χ1n) is 16.8. The number of nitrogen functional groups attached to an aromatic ring is 1. The zero-order valence-corrected chi connectivity index (χ0v) is 27.2. The molecule has 0 fully saturated rings. The summed E-state index contributed by atoms with van der Waals surface area (Å²) in [6.07, 6.45) is 2.19. The van der Waals surface area contributed by atoms with Crippen molar-refractivity contribution in [2.24, 2.45) is 0 Å². The van der Waals surface area contributed by atoms with E-state index < -0.39 is 0 Å². The Bertz CT molecular complexity index is 2620. The van der Waals surface area contributed by atoms with Gasteiger partial charge in [0.15, 0.2) is 5.82 Å².